The highest BCUT2D eigenvalue weighted by atomic mass is 32.1. The molecule has 186 valence electrons. The van der Waals surface area contributed by atoms with Crippen molar-refractivity contribution < 1.29 is 18.7 Å². The summed E-state index contributed by atoms with van der Waals surface area (Å²) in [4.78, 5) is 14.5. The maximum absolute atomic E-state index is 14.8. The van der Waals surface area contributed by atoms with Crippen LogP contribution in [0.5, 0.6) is 5.75 Å². The van der Waals surface area contributed by atoms with E-state index in [2.05, 4.69) is 15.5 Å². The first-order valence-electron chi connectivity index (χ1n) is 11.6. The molecule has 4 rings (SSSR count). The van der Waals surface area contributed by atoms with Crippen molar-refractivity contribution in [2.45, 2.75) is 45.6 Å². The van der Waals surface area contributed by atoms with E-state index in [1.165, 1.54) is 6.07 Å². The number of nitrogens with one attached hydrogen (secondary N) is 2. The summed E-state index contributed by atoms with van der Waals surface area (Å²) < 4.78 is 28.0. The molecule has 1 fully saturated rings. The summed E-state index contributed by atoms with van der Waals surface area (Å²) >= 11 is 5.34. The Morgan fingerprint density at radius 1 is 1.23 bits per heavy atom. The molecule has 0 aliphatic carbocycles. The number of rotatable bonds is 8. The summed E-state index contributed by atoms with van der Waals surface area (Å²) in [6.45, 7) is 5.87. The van der Waals surface area contributed by atoms with Crippen LogP contribution in [0.25, 0.3) is 11.4 Å². The average molecular weight is 500 g/mol. The second-order valence-electron chi connectivity index (χ2n) is 8.71. The van der Waals surface area contributed by atoms with Crippen molar-refractivity contribution in [3.05, 3.63) is 58.6 Å². The molecule has 3 aromatic rings. The van der Waals surface area contributed by atoms with Gasteiger partial charge in [-0.3, -0.25) is 14.5 Å². The van der Waals surface area contributed by atoms with Gasteiger partial charge in [0.05, 0.1) is 25.0 Å². The molecule has 35 heavy (non-hydrogen) atoms. The number of benzene rings is 2. The number of aromatic amines is 1. The predicted octanol–water partition coefficient (Wildman–Crippen LogP) is 4.08. The van der Waals surface area contributed by atoms with Crippen LogP contribution in [0.15, 0.2) is 42.5 Å². The number of methoxy groups -OCH3 is 1. The number of carbonyl (C=O) groups excluding carboxylic acids is 1. The van der Waals surface area contributed by atoms with Gasteiger partial charge in [-0.25, -0.2) is 4.39 Å². The van der Waals surface area contributed by atoms with Crippen LogP contribution >= 0.6 is 12.2 Å². The molecule has 8 nitrogen and oxygen atoms in total. The van der Waals surface area contributed by atoms with Gasteiger partial charge in [-0.1, -0.05) is 6.07 Å². The molecule has 1 saturated heterocycles. The van der Waals surface area contributed by atoms with Crippen molar-refractivity contribution in [3.63, 3.8) is 0 Å². The van der Waals surface area contributed by atoms with Gasteiger partial charge in [-0.15, -0.1) is 0 Å². The zero-order valence-corrected chi connectivity index (χ0v) is 20.9. The van der Waals surface area contributed by atoms with E-state index in [9.17, 15) is 9.18 Å². The number of ether oxygens (including phenoxy) is 2. The molecule has 0 bridgehead atoms. The Morgan fingerprint density at radius 2 is 1.94 bits per heavy atom. The van der Waals surface area contributed by atoms with E-state index >= 15 is 0 Å². The van der Waals surface area contributed by atoms with E-state index in [0.717, 1.165) is 11.3 Å². The Bertz CT molecular complexity index is 1220. The second-order valence-corrected chi connectivity index (χ2v) is 9.09. The highest BCUT2D eigenvalue weighted by molar-refractivity contribution is 7.71. The molecule has 2 heterocycles. The minimum atomic E-state index is -0.299. The van der Waals surface area contributed by atoms with Gasteiger partial charge in [0.1, 0.15) is 11.6 Å². The maximum atomic E-state index is 14.8. The van der Waals surface area contributed by atoms with Crippen molar-refractivity contribution in [1.29, 1.82) is 0 Å². The Kier molecular flexibility index (Phi) is 7.82. The molecular weight excluding hydrogens is 469 g/mol. The van der Waals surface area contributed by atoms with Crippen LogP contribution in [0.1, 0.15) is 25.8 Å². The minimum absolute atomic E-state index is 0.0473. The summed E-state index contributed by atoms with van der Waals surface area (Å²) in [5, 5.41) is 9.95. The van der Waals surface area contributed by atoms with Crippen molar-refractivity contribution in [2.24, 2.45) is 0 Å². The number of anilines is 1. The van der Waals surface area contributed by atoms with Gasteiger partial charge in [-0.05, 0) is 68.0 Å². The number of amides is 1. The smallest absolute Gasteiger partial charge is 0.222 e. The first kappa shape index (κ1) is 24.9. The van der Waals surface area contributed by atoms with Gasteiger partial charge >= 0.3 is 0 Å². The monoisotopic (exact) mass is 499 g/mol. The first-order chi connectivity index (χ1) is 16.8. The zero-order chi connectivity index (χ0) is 24.9. The molecule has 2 N–H and O–H groups in total. The van der Waals surface area contributed by atoms with Crippen LogP contribution in [-0.4, -0.2) is 53.1 Å². The van der Waals surface area contributed by atoms with Crippen molar-refractivity contribution in [2.75, 3.05) is 25.1 Å². The van der Waals surface area contributed by atoms with Gasteiger partial charge < -0.3 is 19.7 Å². The number of hydrogen-bond acceptors (Lipinski definition) is 6. The Hall–Kier alpha value is -3.24. The van der Waals surface area contributed by atoms with Crippen molar-refractivity contribution in [3.8, 4) is 17.1 Å². The third kappa shape index (κ3) is 6.07. The fraction of sp³-hybridized carbons (Fsp3) is 0.400. The molecule has 1 aliphatic rings. The predicted molar refractivity (Wildman–Crippen MR) is 134 cm³/mol. The Morgan fingerprint density at radius 3 is 2.60 bits per heavy atom. The highest BCUT2D eigenvalue weighted by Crippen LogP contribution is 2.25. The molecule has 0 spiro atoms. The molecule has 1 aliphatic heterocycles. The molecule has 2 aromatic carbocycles. The lowest BCUT2D eigenvalue weighted by atomic mass is 10.1. The standard InChI is InChI=1S/C25H30FN5O3S/c1-16-14-30(15-17(2)34-16)22-9-4-18(12-21(22)26)13-27-23(32)10-11-31-24(28-29-25(31)35)19-5-7-20(33-3)8-6-19/h4-9,12,16-17H,10-11,13-15H2,1-3H3,(H,27,32)(H,29,35). The largest absolute Gasteiger partial charge is 0.497 e. The molecule has 2 unspecified atom stereocenters. The lowest BCUT2D eigenvalue weighted by molar-refractivity contribution is -0.121. The van der Waals surface area contributed by atoms with E-state index in [4.69, 9.17) is 21.7 Å². The maximum Gasteiger partial charge on any atom is 0.222 e. The number of nitrogens with zero attached hydrogens (tertiary/aromatic N) is 3. The van der Waals surface area contributed by atoms with Gasteiger partial charge in [0.15, 0.2) is 10.6 Å². The molecule has 10 heteroatoms. The lowest BCUT2D eigenvalue weighted by Crippen LogP contribution is -2.45. The normalized spacial score (nSPS) is 17.9. The second kappa shape index (κ2) is 11.0. The van der Waals surface area contributed by atoms with Crippen LogP contribution in [-0.2, 0) is 22.6 Å². The molecule has 0 radical (unpaired) electrons. The summed E-state index contributed by atoms with van der Waals surface area (Å²) in [7, 11) is 1.61. The van der Waals surface area contributed by atoms with Crippen molar-refractivity contribution in [1.82, 2.24) is 20.1 Å². The number of aromatic nitrogens is 3. The number of morpholine rings is 1. The van der Waals surface area contributed by atoms with Gasteiger partial charge in [0.2, 0.25) is 5.91 Å². The average Bonchev–Trinajstić information content (AvgIpc) is 3.21. The quantitative estimate of drug-likeness (QED) is 0.455. The fourth-order valence-corrected chi connectivity index (χ4v) is 4.50. The Labute approximate surface area is 209 Å². The highest BCUT2D eigenvalue weighted by Gasteiger charge is 2.24. The van der Waals surface area contributed by atoms with E-state index in [1.807, 2.05) is 49.1 Å². The number of halogens is 1. The summed E-state index contributed by atoms with van der Waals surface area (Å²) in [6.07, 6.45) is 0.304. The van der Waals surface area contributed by atoms with Crippen LogP contribution < -0.4 is 15.0 Å². The number of H-pyrrole nitrogens is 1. The van der Waals surface area contributed by atoms with Crippen LogP contribution in [0.2, 0.25) is 0 Å². The minimum Gasteiger partial charge on any atom is -0.497 e. The number of carbonyl (C=O) groups is 1. The molecular formula is C25H30FN5O3S. The summed E-state index contributed by atoms with van der Waals surface area (Å²) in [5.74, 6) is 0.934. The molecule has 0 saturated carbocycles. The number of hydrogen-bond donors (Lipinski definition) is 2. The Balaban J connectivity index is 1.33. The van der Waals surface area contributed by atoms with Crippen LogP contribution in [0.4, 0.5) is 10.1 Å². The SMILES string of the molecule is COc1ccc(-c2n[nH]c(=S)n2CCC(=O)NCc2ccc(N3CC(C)OC(C)C3)c(F)c2)cc1. The van der Waals surface area contributed by atoms with Gasteiger partial charge in [0, 0.05) is 38.2 Å². The lowest BCUT2D eigenvalue weighted by Gasteiger charge is -2.37. The molecule has 2 atom stereocenters. The van der Waals surface area contributed by atoms with E-state index < -0.39 is 0 Å². The topological polar surface area (TPSA) is 84.4 Å². The first-order valence-corrected chi connectivity index (χ1v) is 12.0. The zero-order valence-electron chi connectivity index (χ0n) is 20.1. The van der Waals surface area contributed by atoms with E-state index in [-0.39, 0.29) is 36.9 Å². The van der Waals surface area contributed by atoms with E-state index in [0.29, 0.717) is 41.5 Å². The molecule has 1 amide bonds. The van der Waals surface area contributed by atoms with E-state index in [1.54, 1.807) is 17.7 Å². The van der Waals surface area contributed by atoms with Crippen molar-refractivity contribution >= 4 is 23.8 Å². The van der Waals surface area contributed by atoms with Gasteiger partial charge in [-0.2, -0.15) is 5.10 Å². The third-order valence-corrected chi connectivity index (χ3v) is 6.24. The van der Waals surface area contributed by atoms with Crippen LogP contribution in [0.3, 0.4) is 0 Å². The summed E-state index contributed by atoms with van der Waals surface area (Å²) in [6, 6.07) is 12.6. The fourth-order valence-electron chi connectivity index (χ4n) is 4.28. The van der Waals surface area contributed by atoms with Gasteiger partial charge in [0.25, 0.3) is 0 Å². The van der Waals surface area contributed by atoms with Crippen LogP contribution in [0, 0.1) is 10.6 Å². The molecule has 1 aromatic heterocycles. The summed E-state index contributed by atoms with van der Waals surface area (Å²) in [5.41, 5.74) is 2.12. The third-order valence-electron chi connectivity index (χ3n) is 5.93.